The van der Waals surface area contributed by atoms with Crippen molar-refractivity contribution in [1.29, 1.82) is 5.26 Å². The van der Waals surface area contributed by atoms with Crippen LogP contribution in [0.25, 0.3) is 0 Å². The van der Waals surface area contributed by atoms with Crippen LogP contribution in [-0.2, 0) is 0 Å². The molecule has 5 heteroatoms. The van der Waals surface area contributed by atoms with E-state index in [1.54, 1.807) is 24.3 Å². The number of hydrogen-bond donors (Lipinski definition) is 1. The molecule has 1 aromatic rings. The highest BCUT2D eigenvalue weighted by molar-refractivity contribution is 7.99. The first-order valence-corrected chi connectivity index (χ1v) is 7.84. The van der Waals surface area contributed by atoms with E-state index in [4.69, 9.17) is 0 Å². The second-order valence-electron chi connectivity index (χ2n) is 4.89. The van der Waals surface area contributed by atoms with Gasteiger partial charge in [-0.05, 0) is 43.5 Å². The van der Waals surface area contributed by atoms with Gasteiger partial charge in [-0.3, -0.25) is 5.32 Å². The van der Waals surface area contributed by atoms with E-state index in [0.717, 1.165) is 43.0 Å². The molecule has 1 N–H and O–H groups in total. The predicted octanol–water partition coefficient (Wildman–Crippen LogP) is 2.63. The zero-order valence-electron chi connectivity index (χ0n) is 11.3. The highest BCUT2D eigenvalue weighted by atomic mass is 32.2. The van der Waals surface area contributed by atoms with Crippen molar-refractivity contribution in [3.63, 3.8) is 0 Å². The fraction of sp³-hybridized carbons (Fsp3) is 0.643. The van der Waals surface area contributed by atoms with Crippen molar-refractivity contribution in [3.05, 3.63) is 18.6 Å². The lowest BCUT2D eigenvalue weighted by atomic mass is 9.86. The van der Waals surface area contributed by atoms with Crippen molar-refractivity contribution in [2.45, 2.75) is 43.2 Å². The zero-order chi connectivity index (χ0) is 13.6. The van der Waals surface area contributed by atoms with E-state index in [1.807, 2.05) is 6.07 Å². The van der Waals surface area contributed by atoms with Crippen LogP contribution in [0.4, 0.5) is 0 Å². The smallest absolute Gasteiger partial charge is 0.116 e. The Kier molecular flexibility index (Phi) is 5.17. The lowest BCUT2D eigenvalue weighted by molar-refractivity contribution is 0.317. The summed E-state index contributed by atoms with van der Waals surface area (Å²) in [6.07, 6.45) is 7.71. The van der Waals surface area contributed by atoms with Gasteiger partial charge in [0.05, 0.1) is 11.1 Å². The van der Waals surface area contributed by atoms with Crippen LogP contribution in [0.3, 0.4) is 0 Å². The van der Waals surface area contributed by atoms with Gasteiger partial charge in [0.15, 0.2) is 0 Å². The molecule has 1 aliphatic carbocycles. The van der Waals surface area contributed by atoms with E-state index in [9.17, 15) is 5.26 Å². The first kappa shape index (κ1) is 14.3. The van der Waals surface area contributed by atoms with E-state index in [2.05, 4.69) is 28.3 Å². The van der Waals surface area contributed by atoms with Gasteiger partial charge < -0.3 is 0 Å². The number of thioether (sulfide) groups is 1. The Morgan fingerprint density at radius 2 is 2.53 bits per heavy atom. The fourth-order valence-electron chi connectivity index (χ4n) is 2.87. The Labute approximate surface area is 119 Å². The molecule has 0 radical (unpaired) electrons. The largest absolute Gasteiger partial charge is 0.299 e. The zero-order valence-corrected chi connectivity index (χ0v) is 12.1. The molecule has 1 heterocycles. The minimum absolute atomic E-state index is 0.291. The molecule has 1 saturated carbocycles. The van der Waals surface area contributed by atoms with Crippen LogP contribution in [0.2, 0.25) is 0 Å². The molecule has 2 unspecified atom stereocenters. The van der Waals surface area contributed by atoms with Crippen molar-refractivity contribution >= 4 is 11.8 Å². The number of nitriles is 1. The Morgan fingerprint density at radius 3 is 3.21 bits per heavy atom. The molecule has 0 amide bonds. The van der Waals surface area contributed by atoms with E-state index in [-0.39, 0.29) is 5.54 Å². The highest BCUT2D eigenvalue weighted by Crippen LogP contribution is 2.38. The Morgan fingerprint density at radius 1 is 1.63 bits per heavy atom. The first-order chi connectivity index (χ1) is 9.30. The molecule has 19 heavy (non-hydrogen) atoms. The van der Waals surface area contributed by atoms with Gasteiger partial charge in [-0.1, -0.05) is 13.3 Å². The molecule has 4 nitrogen and oxygen atoms in total. The third kappa shape index (κ3) is 3.46. The molecular weight excluding hydrogens is 256 g/mol. The summed E-state index contributed by atoms with van der Waals surface area (Å²) >= 11 is 1.75. The molecule has 2 rings (SSSR count). The van der Waals surface area contributed by atoms with Crippen LogP contribution in [0, 0.1) is 17.2 Å². The summed E-state index contributed by atoms with van der Waals surface area (Å²) in [4.78, 5) is 8.12. The normalized spacial score (nSPS) is 26.2. The van der Waals surface area contributed by atoms with Gasteiger partial charge in [-0.25, -0.2) is 9.97 Å². The molecule has 0 spiro atoms. The molecule has 0 aromatic carbocycles. The van der Waals surface area contributed by atoms with Gasteiger partial charge in [0.1, 0.15) is 11.9 Å². The van der Waals surface area contributed by atoms with Gasteiger partial charge in [-0.15, -0.1) is 11.8 Å². The summed E-state index contributed by atoms with van der Waals surface area (Å²) in [7, 11) is 0. The summed E-state index contributed by atoms with van der Waals surface area (Å²) in [6.45, 7) is 2.94. The van der Waals surface area contributed by atoms with E-state index in [1.165, 1.54) is 0 Å². The van der Waals surface area contributed by atoms with Gasteiger partial charge in [0, 0.05) is 6.20 Å². The number of hydrogen-bond acceptors (Lipinski definition) is 5. The van der Waals surface area contributed by atoms with E-state index < -0.39 is 0 Å². The summed E-state index contributed by atoms with van der Waals surface area (Å²) in [5.41, 5.74) is -0.291. The molecule has 1 aliphatic rings. The minimum atomic E-state index is -0.291. The monoisotopic (exact) mass is 276 g/mol. The maximum absolute atomic E-state index is 9.49. The molecule has 102 valence electrons. The minimum Gasteiger partial charge on any atom is -0.299 e. The van der Waals surface area contributed by atoms with Crippen LogP contribution in [0.5, 0.6) is 0 Å². The maximum atomic E-state index is 9.49. The summed E-state index contributed by atoms with van der Waals surface area (Å²) < 4.78 is 0. The van der Waals surface area contributed by atoms with Crippen LogP contribution in [0.15, 0.2) is 23.6 Å². The number of rotatable bonds is 6. The van der Waals surface area contributed by atoms with Crippen molar-refractivity contribution in [2.24, 2.45) is 5.92 Å². The van der Waals surface area contributed by atoms with Crippen molar-refractivity contribution in [1.82, 2.24) is 15.3 Å². The van der Waals surface area contributed by atoms with E-state index >= 15 is 0 Å². The highest BCUT2D eigenvalue weighted by Gasteiger charge is 2.41. The van der Waals surface area contributed by atoms with Crippen molar-refractivity contribution < 1.29 is 0 Å². The SMILES string of the molecule is CCNC1(C#N)CCCC1CCSc1ccncn1. The van der Waals surface area contributed by atoms with E-state index in [0.29, 0.717) is 5.92 Å². The molecule has 0 aliphatic heterocycles. The van der Waals surface area contributed by atoms with Crippen LogP contribution in [-0.4, -0.2) is 27.8 Å². The standard InChI is InChI=1S/C14H20N4S/c1-2-18-14(10-15)7-3-4-12(14)6-9-19-13-5-8-16-11-17-13/h5,8,11-12,18H,2-4,6-7,9H2,1H3. The predicted molar refractivity (Wildman–Crippen MR) is 76.7 cm³/mol. The number of nitrogens with one attached hydrogen (secondary N) is 1. The molecule has 0 bridgehead atoms. The third-order valence-electron chi connectivity index (χ3n) is 3.78. The summed E-state index contributed by atoms with van der Waals surface area (Å²) in [5.74, 6) is 1.48. The van der Waals surface area contributed by atoms with Crippen LogP contribution in [0.1, 0.15) is 32.6 Å². The molecule has 0 saturated heterocycles. The third-order valence-corrected chi connectivity index (χ3v) is 4.76. The van der Waals surface area contributed by atoms with Gasteiger partial charge in [0.2, 0.25) is 0 Å². The first-order valence-electron chi connectivity index (χ1n) is 6.86. The number of aromatic nitrogens is 2. The maximum Gasteiger partial charge on any atom is 0.116 e. The fourth-order valence-corrected chi connectivity index (χ4v) is 3.76. The van der Waals surface area contributed by atoms with Gasteiger partial charge in [0.25, 0.3) is 0 Å². The van der Waals surface area contributed by atoms with Gasteiger partial charge >= 0.3 is 0 Å². The summed E-state index contributed by atoms with van der Waals surface area (Å²) in [5, 5.41) is 13.9. The molecule has 1 aromatic heterocycles. The molecular formula is C14H20N4S. The second-order valence-corrected chi connectivity index (χ2v) is 6.00. The van der Waals surface area contributed by atoms with Gasteiger partial charge in [-0.2, -0.15) is 5.26 Å². The summed E-state index contributed by atoms with van der Waals surface area (Å²) in [6, 6.07) is 4.46. The topological polar surface area (TPSA) is 61.6 Å². The Bertz CT molecular complexity index is 431. The average molecular weight is 276 g/mol. The van der Waals surface area contributed by atoms with Crippen LogP contribution < -0.4 is 5.32 Å². The quantitative estimate of drug-likeness (QED) is 0.639. The Hall–Kier alpha value is -1.12. The molecule has 1 fully saturated rings. The van der Waals surface area contributed by atoms with Crippen molar-refractivity contribution in [3.8, 4) is 6.07 Å². The molecule has 2 atom stereocenters. The van der Waals surface area contributed by atoms with Crippen molar-refractivity contribution in [2.75, 3.05) is 12.3 Å². The second kappa shape index (κ2) is 6.88. The lowest BCUT2D eigenvalue weighted by Crippen LogP contribution is -2.47. The Balaban J connectivity index is 1.87. The number of nitrogens with zero attached hydrogens (tertiary/aromatic N) is 3. The van der Waals surface area contributed by atoms with Crippen LogP contribution >= 0.6 is 11.8 Å². The lowest BCUT2D eigenvalue weighted by Gasteiger charge is -2.29. The average Bonchev–Trinajstić information content (AvgIpc) is 2.84.